The van der Waals surface area contributed by atoms with Crippen LogP contribution in [0.2, 0.25) is 0 Å². The van der Waals surface area contributed by atoms with Crippen molar-refractivity contribution in [2.45, 2.75) is 39.2 Å². The van der Waals surface area contributed by atoms with E-state index in [1.54, 1.807) is 0 Å². The topological polar surface area (TPSA) is 73.1 Å². The van der Waals surface area contributed by atoms with Crippen molar-refractivity contribution in [1.82, 2.24) is 20.6 Å². The maximum atomic E-state index is 12.3. The summed E-state index contributed by atoms with van der Waals surface area (Å²) in [5.41, 5.74) is 4.70. The first-order valence-electron chi connectivity index (χ1n) is 10.4. The Morgan fingerprint density at radius 2 is 1.97 bits per heavy atom. The number of benzene rings is 1. The largest absolute Gasteiger partial charge is 0.361 e. The minimum atomic E-state index is -0.0753. The Morgan fingerprint density at radius 3 is 2.76 bits per heavy atom. The molecule has 0 radical (unpaired) electrons. The molecule has 152 valence electrons. The van der Waals surface area contributed by atoms with Gasteiger partial charge >= 0.3 is 6.03 Å². The number of urea groups is 1. The Bertz CT molecular complexity index is 988. The molecule has 0 spiro atoms. The summed E-state index contributed by atoms with van der Waals surface area (Å²) in [6.45, 7) is 6.59. The van der Waals surface area contributed by atoms with Crippen LogP contribution in [0.15, 0.2) is 42.6 Å². The molecular formula is C23H29N5O. The molecular weight excluding hydrogens is 362 g/mol. The predicted molar refractivity (Wildman–Crippen MR) is 117 cm³/mol. The highest BCUT2D eigenvalue weighted by molar-refractivity contribution is 5.86. The summed E-state index contributed by atoms with van der Waals surface area (Å²) < 4.78 is 0. The third kappa shape index (κ3) is 4.53. The van der Waals surface area contributed by atoms with E-state index in [0.29, 0.717) is 6.54 Å². The molecule has 1 fully saturated rings. The van der Waals surface area contributed by atoms with Crippen LogP contribution in [-0.2, 0) is 6.42 Å². The zero-order chi connectivity index (χ0) is 20.2. The minimum absolute atomic E-state index is 0.0753. The zero-order valence-corrected chi connectivity index (χ0v) is 17.2. The molecule has 1 saturated heterocycles. The van der Waals surface area contributed by atoms with Crippen LogP contribution >= 0.6 is 0 Å². The number of nitrogens with one attached hydrogen (secondary N) is 3. The molecule has 0 bridgehead atoms. The van der Waals surface area contributed by atoms with Crippen molar-refractivity contribution in [3.8, 4) is 0 Å². The van der Waals surface area contributed by atoms with Gasteiger partial charge in [0.1, 0.15) is 5.82 Å². The molecule has 3 N–H and O–H groups in total. The number of aryl methyl sites for hydroxylation is 2. The van der Waals surface area contributed by atoms with Gasteiger partial charge in [-0.1, -0.05) is 18.2 Å². The monoisotopic (exact) mass is 391 g/mol. The number of piperidine rings is 1. The molecule has 4 rings (SSSR count). The maximum Gasteiger partial charge on any atom is 0.315 e. The van der Waals surface area contributed by atoms with Gasteiger partial charge in [-0.2, -0.15) is 0 Å². The molecule has 6 heteroatoms. The molecule has 3 heterocycles. The first-order valence-corrected chi connectivity index (χ1v) is 10.4. The number of aromatic amines is 1. The zero-order valence-electron chi connectivity index (χ0n) is 17.2. The van der Waals surface area contributed by atoms with E-state index in [0.717, 1.165) is 49.4 Å². The highest BCUT2D eigenvalue weighted by Gasteiger charge is 2.21. The quantitative estimate of drug-likeness (QED) is 0.621. The average molecular weight is 392 g/mol. The number of hydrogen-bond acceptors (Lipinski definition) is 3. The van der Waals surface area contributed by atoms with Gasteiger partial charge in [0.15, 0.2) is 0 Å². The van der Waals surface area contributed by atoms with Crippen LogP contribution in [-0.4, -0.2) is 41.7 Å². The predicted octanol–water partition coefficient (Wildman–Crippen LogP) is 3.69. The number of fused-ring (bicyclic) bond motifs is 1. The third-order valence-corrected chi connectivity index (χ3v) is 5.70. The van der Waals surface area contributed by atoms with Crippen molar-refractivity contribution in [3.63, 3.8) is 0 Å². The van der Waals surface area contributed by atoms with Crippen molar-refractivity contribution in [2.24, 2.45) is 0 Å². The Balaban J connectivity index is 1.22. The van der Waals surface area contributed by atoms with E-state index in [4.69, 9.17) is 0 Å². The third-order valence-electron chi connectivity index (χ3n) is 5.70. The number of carbonyl (C=O) groups excluding carboxylic acids is 1. The second kappa shape index (κ2) is 8.55. The number of aromatic nitrogens is 2. The normalized spacial score (nSPS) is 14.9. The standard InChI is InChI=1S/C23H29N5O/c1-16-5-3-7-20-22(16)18(15-25-20)9-12-24-23(29)27-19-10-13-28(14-11-19)21-8-4-6-17(2)26-21/h3-8,15,19,25H,9-14H2,1-2H3,(H2,24,27,29). The van der Waals surface area contributed by atoms with Crippen LogP contribution in [0.5, 0.6) is 0 Å². The molecule has 0 atom stereocenters. The number of pyridine rings is 1. The summed E-state index contributed by atoms with van der Waals surface area (Å²) in [6.07, 6.45) is 4.73. The lowest BCUT2D eigenvalue weighted by Gasteiger charge is -2.33. The summed E-state index contributed by atoms with van der Waals surface area (Å²) in [5.74, 6) is 1.03. The number of amides is 2. The van der Waals surface area contributed by atoms with E-state index in [1.165, 1.54) is 16.5 Å². The van der Waals surface area contributed by atoms with Crippen LogP contribution in [0, 0.1) is 13.8 Å². The number of carbonyl (C=O) groups is 1. The van der Waals surface area contributed by atoms with E-state index >= 15 is 0 Å². The van der Waals surface area contributed by atoms with E-state index in [-0.39, 0.29) is 12.1 Å². The van der Waals surface area contributed by atoms with Crippen LogP contribution in [0.3, 0.4) is 0 Å². The summed E-state index contributed by atoms with van der Waals surface area (Å²) in [7, 11) is 0. The Kier molecular flexibility index (Phi) is 5.69. The summed E-state index contributed by atoms with van der Waals surface area (Å²) in [5, 5.41) is 7.41. The molecule has 2 amide bonds. The minimum Gasteiger partial charge on any atom is -0.361 e. The Hall–Kier alpha value is -3.02. The number of hydrogen-bond donors (Lipinski definition) is 3. The van der Waals surface area contributed by atoms with E-state index in [2.05, 4.69) is 56.7 Å². The van der Waals surface area contributed by atoms with Crippen LogP contribution < -0.4 is 15.5 Å². The van der Waals surface area contributed by atoms with Crippen molar-refractivity contribution < 1.29 is 4.79 Å². The molecule has 6 nitrogen and oxygen atoms in total. The molecule has 0 saturated carbocycles. The SMILES string of the molecule is Cc1cccc(N2CCC(NC(=O)NCCc3c[nH]c4cccc(C)c34)CC2)n1. The lowest BCUT2D eigenvalue weighted by Crippen LogP contribution is -2.48. The fourth-order valence-corrected chi connectivity index (χ4v) is 4.15. The lowest BCUT2D eigenvalue weighted by atomic mass is 10.1. The molecule has 29 heavy (non-hydrogen) atoms. The molecule has 1 aromatic carbocycles. The van der Waals surface area contributed by atoms with E-state index < -0.39 is 0 Å². The summed E-state index contributed by atoms with van der Waals surface area (Å²) in [4.78, 5) is 22.5. The average Bonchev–Trinajstić information content (AvgIpc) is 3.13. The first kappa shape index (κ1) is 19.3. The number of anilines is 1. The second-order valence-electron chi connectivity index (χ2n) is 7.86. The van der Waals surface area contributed by atoms with Crippen molar-refractivity contribution in [2.75, 3.05) is 24.5 Å². The molecule has 1 aliphatic heterocycles. The van der Waals surface area contributed by atoms with Crippen LogP contribution in [0.4, 0.5) is 10.6 Å². The Labute approximate surface area is 171 Å². The van der Waals surface area contributed by atoms with Crippen molar-refractivity contribution in [1.29, 1.82) is 0 Å². The highest BCUT2D eigenvalue weighted by Crippen LogP contribution is 2.22. The molecule has 2 aromatic heterocycles. The summed E-state index contributed by atoms with van der Waals surface area (Å²) in [6, 6.07) is 12.5. The van der Waals surface area contributed by atoms with Crippen molar-refractivity contribution >= 4 is 22.8 Å². The highest BCUT2D eigenvalue weighted by atomic mass is 16.2. The van der Waals surface area contributed by atoms with Gasteiger partial charge in [-0.3, -0.25) is 0 Å². The number of nitrogens with zero attached hydrogens (tertiary/aromatic N) is 2. The Morgan fingerprint density at radius 1 is 1.17 bits per heavy atom. The number of H-pyrrole nitrogens is 1. The van der Waals surface area contributed by atoms with Crippen LogP contribution in [0.1, 0.15) is 29.7 Å². The fraction of sp³-hybridized carbons (Fsp3) is 0.391. The smallest absolute Gasteiger partial charge is 0.315 e. The molecule has 1 aliphatic rings. The maximum absolute atomic E-state index is 12.3. The van der Waals surface area contributed by atoms with Gasteiger partial charge < -0.3 is 20.5 Å². The van der Waals surface area contributed by atoms with E-state index in [1.807, 2.05) is 25.3 Å². The van der Waals surface area contributed by atoms with Gasteiger partial charge in [0.25, 0.3) is 0 Å². The number of rotatable bonds is 5. The summed E-state index contributed by atoms with van der Waals surface area (Å²) >= 11 is 0. The fourth-order valence-electron chi connectivity index (χ4n) is 4.15. The molecule has 3 aromatic rings. The van der Waals surface area contributed by atoms with Gasteiger partial charge in [0.2, 0.25) is 0 Å². The second-order valence-corrected chi connectivity index (χ2v) is 7.86. The first-order chi connectivity index (χ1) is 14.1. The lowest BCUT2D eigenvalue weighted by molar-refractivity contribution is 0.234. The van der Waals surface area contributed by atoms with Gasteiger partial charge in [-0.25, -0.2) is 9.78 Å². The van der Waals surface area contributed by atoms with Crippen LogP contribution in [0.25, 0.3) is 10.9 Å². The van der Waals surface area contributed by atoms with E-state index in [9.17, 15) is 4.79 Å². The van der Waals surface area contributed by atoms with Gasteiger partial charge in [-0.15, -0.1) is 0 Å². The molecule has 0 aliphatic carbocycles. The molecule has 0 unspecified atom stereocenters. The van der Waals surface area contributed by atoms with Crippen molar-refractivity contribution in [3.05, 3.63) is 59.4 Å². The van der Waals surface area contributed by atoms with Gasteiger partial charge in [0.05, 0.1) is 0 Å². The van der Waals surface area contributed by atoms with Gasteiger partial charge in [0, 0.05) is 48.5 Å². The van der Waals surface area contributed by atoms with Gasteiger partial charge in [-0.05, 0) is 62.4 Å².